The van der Waals surface area contributed by atoms with Gasteiger partial charge in [0, 0.05) is 18.1 Å². The highest BCUT2D eigenvalue weighted by Gasteiger charge is 2.41. The van der Waals surface area contributed by atoms with Crippen LogP contribution < -0.4 is 11.1 Å². The average molecular weight is 295 g/mol. The molecule has 3 N–H and O–H groups in total. The average Bonchev–Trinajstić information content (AvgIpc) is 2.78. The van der Waals surface area contributed by atoms with Crippen LogP contribution in [0, 0.1) is 16.7 Å². The van der Waals surface area contributed by atoms with Crippen LogP contribution in [0.5, 0.6) is 0 Å². The maximum atomic E-state index is 6.21. The Balaban J connectivity index is 1.93. The molecule has 2 saturated carbocycles. The summed E-state index contributed by atoms with van der Waals surface area (Å²) in [6, 6.07) is 0.694. The lowest BCUT2D eigenvalue weighted by molar-refractivity contribution is 0.0949. The Morgan fingerprint density at radius 1 is 1.10 bits per heavy atom. The van der Waals surface area contributed by atoms with Crippen molar-refractivity contribution >= 4 is 0 Å². The van der Waals surface area contributed by atoms with E-state index in [0.29, 0.717) is 16.9 Å². The van der Waals surface area contributed by atoms with Gasteiger partial charge in [-0.1, -0.05) is 41.0 Å². The summed E-state index contributed by atoms with van der Waals surface area (Å²) < 4.78 is 0. The van der Waals surface area contributed by atoms with E-state index in [1.807, 2.05) is 0 Å². The van der Waals surface area contributed by atoms with Gasteiger partial charge in [0.15, 0.2) is 0 Å². The normalized spacial score (nSPS) is 36.9. The SMILES string of the molecule is CCC(C)(C)C1CCC(CN)(NC2CCC(C)(C)C2)CC1. The predicted octanol–water partition coefficient (Wildman–Crippen LogP) is 4.48. The van der Waals surface area contributed by atoms with Gasteiger partial charge in [0.05, 0.1) is 0 Å². The summed E-state index contributed by atoms with van der Waals surface area (Å²) >= 11 is 0. The van der Waals surface area contributed by atoms with Gasteiger partial charge in [-0.2, -0.15) is 0 Å². The lowest BCUT2D eigenvalue weighted by Crippen LogP contribution is -2.57. The zero-order chi connectivity index (χ0) is 15.7. The van der Waals surface area contributed by atoms with E-state index in [-0.39, 0.29) is 5.54 Å². The molecule has 0 aromatic carbocycles. The molecule has 0 spiro atoms. The number of hydrogen-bond acceptors (Lipinski definition) is 2. The third-order valence-electron chi connectivity index (χ3n) is 6.83. The van der Waals surface area contributed by atoms with Gasteiger partial charge >= 0.3 is 0 Å². The minimum Gasteiger partial charge on any atom is -0.329 e. The van der Waals surface area contributed by atoms with E-state index < -0.39 is 0 Å². The molecule has 0 bridgehead atoms. The van der Waals surface area contributed by atoms with E-state index in [0.717, 1.165) is 12.5 Å². The van der Waals surface area contributed by atoms with Crippen molar-refractivity contribution in [2.45, 2.75) is 97.6 Å². The second kappa shape index (κ2) is 6.20. The summed E-state index contributed by atoms with van der Waals surface area (Å²) in [7, 11) is 0. The maximum absolute atomic E-state index is 6.21. The molecular formula is C19H38N2. The lowest BCUT2D eigenvalue weighted by atomic mass is 9.65. The van der Waals surface area contributed by atoms with Crippen LogP contribution in [0.2, 0.25) is 0 Å². The fourth-order valence-electron chi connectivity index (χ4n) is 4.64. The second-order valence-electron chi connectivity index (χ2n) is 9.35. The smallest absolute Gasteiger partial charge is 0.0306 e. The molecule has 0 heterocycles. The molecule has 1 atom stereocenters. The number of nitrogens with one attached hydrogen (secondary N) is 1. The van der Waals surface area contributed by atoms with E-state index in [1.165, 1.54) is 51.4 Å². The summed E-state index contributed by atoms with van der Waals surface area (Å²) in [6.07, 6.45) is 10.5. The molecule has 0 aliphatic heterocycles. The van der Waals surface area contributed by atoms with Crippen LogP contribution in [0.3, 0.4) is 0 Å². The van der Waals surface area contributed by atoms with Gasteiger partial charge in [-0.05, 0) is 61.7 Å². The molecule has 2 fully saturated rings. The van der Waals surface area contributed by atoms with Gasteiger partial charge in [0.2, 0.25) is 0 Å². The molecule has 2 heteroatoms. The first-order valence-electron chi connectivity index (χ1n) is 9.20. The van der Waals surface area contributed by atoms with Crippen LogP contribution in [0.15, 0.2) is 0 Å². The first kappa shape index (κ1) is 17.3. The fraction of sp³-hybridized carbons (Fsp3) is 1.00. The molecule has 0 aromatic rings. The van der Waals surface area contributed by atoms with Crippen LogP contribution in [-0.4, -0.2) is 18.1 Å². The molecule has 21 heavy (non-hydrogen) atoms. The van der Waals surface area contributed by atoms with Crippen molar-refractivity contribution in [2.75, 3.05) is 6.54 Å². The summed E-state index contributed by atoms with van der Waals surface area (Å²) in [5, 5.41) is 4.00. The lowest BCUT2D eigenvalue weighted by Gasteiger charge is -2.46. The second-order valence-corrected chi connectivity index (χ2v) is 9.35. The first-order valence-corrected chi connectivity index (χ1v) is 9.20. The van der Waals surface area contributed by atoms with Gasteiger partial charge < -0.3 is 11.1 Å². The van der Waals surface area contributed by atoms with Crippen molar-refractivity contribution in [1.82, 2.24) is 5.32 Å². The van der Waals surface area contributed by atoms with E-state index >= 15 is 0 Å². The van der Waals surface area contributed by atoms with Crippen LogP contribution in [0.25, 0.3) is 0 Å². The minimum absolute atomic E-state index is 0.228. The van der Waals surface area contributed by atoms with Gasteiger partial charge in [-0.25, -0.2) is 0 Å². The van der Waals surface area contributed by atoms with Crippen molar-refractivity contribution in [3.05, 3.63) is 0 Å². The van der Waals surface area contributed by atoms with Crippen LogP contribution in [0.4, 0.5) is 0 Å². The highest BCUT2D eigenvalue weighted by Crippen LogP contribution is 2.44. The third kappa shape index (κ3) is 4.01. The zero-order valence-corrected chi connectivity index (χ0v) is 15.1. The van der Waals surface area contributed by atoms with Crippen molar-refractivity contribution in [3.8, 4) is 0 Å². The Hall–Kier alpha value is -0.0800. The van der Waals surface area contributed by atoms with Gasteiger partial charge in [0.25, 0.3) is 0 Å². The summed E-state index contributed by atoms with van der Waals surface area (Å²) in [5.74, 6) is 0.879. The Kier molecular flexibility index (Phi) is 5.10. The number of rotatable bonds is 5. The first-order chi connectivity index (χ1) is 9.72. The molecule has 2 aliphatic carbocycles. The standard InChI is InChI=1S/C19H38N2/c1-6-18(4,5)15-7-11-19(14-20,12-8-15)21-16-9-10-17(2,3)13-16/h15-16,21H,6-14,20H2,1-5H3. The van der Waals surface area contributed by atoms with Crippen molar-refractivity contribution < 1.29 is 0 Å². The minimum atomic E-state index is 0.228. The Labute approximate surface area is 132 Å². The van der Waals surface area contributed by atoms with E-state index in [4.69, 9.17) is 5.73 Å². The van der Waals surface area contributed by atoms with Crippen molar-refractivity contribution in [1.29, 1.82) is 0 Å². The molecule has 1 unspecified atom stereocenters. The highest BCUT2D eigenvalue weighted by atomic mass is 15.0. The maximum Gasteiger partial charge on any atom is 0.0306 e. The largest absolute Gasteiger partial charge is 0.329 e. The summed E-state index contributed by atoms with van der Waals surface area (Å²) in [6.45, 7) is 12.8. The predicted molar refractivity (Wildman–Crippen MR) is 92.4 cm³/mol. The van der Waals surface area contributed by atoms with Gasteiger partial charge in [0.1, 0.15) is 0 Å². The van der Waals surface area contributed by atoms with Crippen molar-refractivity contribution in [3.63, 3.8) is 0 Å². The molecule has 2 rings (SSSR count). The third-order valence-corrected chi connectivity index (χ3v) is 6.83. The summed E-state index contributed by atoms with van der Waals surface area (Å²) in [5.41, 5.74) is 7.45. The molecule has 2 aliphatic rings. The van der Waals surface area contributed by atoms with E-state index in [2.05, 4.69) is 39.9 Å². The topological polar surface area (TPSA) is 38.0 Å². The summed E-state index contributed by atoms with van der Waals surface area (Å²) in [4.78, 5) is 0. The Morgan fingerprint density at radius 3 is 2.14 bits per heavy atom. The fourth-order valence-corrected chi connectivity index (χ4v) is 4.64. The number of nitrogens with two attached hydrogens (primary N) is 1. The molecule has 0 aromatic heterocycles. The molecule has 0 saturated heterocycles. The molecular weight excluding hydrogens is 256 g/mol. The Morgan fingerprint density at radius 2 is 1.71 bits per heavy atom. The van der Waals surface area contributed by atoms with Crippen LogP contribution in [-0.2, 0) is 0 Å². The van der Waals surface area contributed by atoms with E-state index in [9.17, 15) is 0 Å². The van der Waals surface area contributed by atoms with Gasteiger partial charge in [-0.3, -0.25) is 0 Å². The van der Waals surface area contributed by atoms with Crippen molar-refractivity contribution in [2.24, 2.45) is 22.5 Å². The Bertz CT molecular complexity index is 337. The van der Waals surface area contributed by atoms with Crippen LogP contribution >= 0.6 is 0 Å². The quantitative estimate of drug-likeness (QED) is 0.784. The molecule has 0 radical (unpaired) electrons. The molecule has 0 amide bonds. The van der Waals surface area contributed by atoms with Crippen LogP contribution in [0.1, 0.15) is 86.0 Å². The van der Waals surface area contributed by atoms with E-state index in [1.54, 1.807) is 0 Å². The number of hydrogen-bond donors (Lipinski definition) is 2. The van der Waals surface area contributed by atoms with Gasteiger partial charge in [-0.15, -0.1) is 0 Å². The molecule has 124 valence electrons. The molecule has 2 nitrogen and oxygen atoms in total. The monoisotopic (exact) mass is 294 g/mol. The highest BCUT2D eigenvalue weighted by molar-refractivity contribution is 5.00. The zero-order valence-electron chi connectivity index (χ0n) is 15.1.